The Hall–Kier alpha value is -3.42. The minimum absolute atomic E-state index is 0.202. The Bertz CT molecular complexity index is 1200. The van der Waals surface area contributed by atoms with E-state index in [-0.39, 0.29) is 11.3 Å². The maximum atomic E-state index is 12.7. The number of Topliss-reactive ketones (excluding diaryl/α,β-unsaturated/α-hetero) is 2. The molecule has 2 N–H and O–H groups in total. The summed E-state index contributed by atoms with van der Waals surface area (Å²) in [7, 11) is 0. The third-order valence-corrected chi connectivity index (χ3v) is 5.63. The molecule has 0 bridgehead atoms. The normalized spacial score (nSPS) is 12.2. The topological polar surface area (TPSA) is 74.6 Å². The Morgan fingerprint density at radius 1 is 0.528 bits per heavy atom. The van der Waals surface area contributed by atoms with Crippen LogP contribution < -0.4 is 0 Å². The Kier molecular flexibility index (Phi) is 9.44. The van der Waals surface area contributed by atoms with Crippen LogP contribution in [0.15, 0.2) is 97.1 Å². The maximum absolute atomic E-state index is 12.7. The number of rotatable bonds is 6. The van der Waals surface area contributed by atoms with Crippen molar-refractivity contribution in [1.29, 1.82) is 0 Å². The fourth-order valence-corrected chi connectivity index (χ4v) is 3.39. The lowest BCUT2D eigenvalue weighted by atomic mass is 10.00. The van der Waals surface area contributed by atoms with Crippen LogP contribution >= 0.6 is 23.2 Å². The van der Waals surface area contributed by atoms with Gasteiger partial charge in [-0.1, -0.05) is 47.5 Å². The summed E-state index contributed by atoms with van der Waals surface area (Å²) in [5.41, 5.74) is 1.43. The maximum Gasteiger partial charge on any atom is 0.195 e. The molecule has 0 saturated carbocycles. The van der Waals surface area contributed by atoms with Crippen LogP contribution in [0.1, 0.15) is 44.1 Å². The van der Waals surface area contributed by atoms with Crippen molar-refractivity contribution >= 4 is 34.8 Å². The predicted molar refractivity (Wildman–Crippen MR) is 134 cm³/mol. The quantitative estimate of drug-likeness (QED) is 0.270. The summed E-state index contributed by atoms with van der Waals surface area (Å²) in [6.07, 6.45) is -2.57. The van der Waals surface area contributed by atoms with E-state index in [1.165, 1.54) is 24.3 Å². The lowest BCUT2D eigenvalue weighted by Gasteiger charge is -2.10. The van der Waals surface area contributed by atoms with Crippen molar-refractivity contribution < 1.29 is 28.6 Å². The van der Waals surface area contributed by atoms with Crippen LogP contribution in [0.25, 0.3) is 0 Å². The molecule has 4 rings (SSSR count). The molecule has 0 aliphatic carbocycles. The summed E-state index contributed by atoms with van der Waals surface area (Å²) >= 11 is 11.5. The van der Waals surface area contributed by atoms with Gasteiger partial charge in [0.25, 0.3) is 0 Å². The van der Waals surface area contributed by atoms with E-state index in [0.717, 1.165) is 24.3 Å². The molecule has 2 atom stereocenters. The molecule has 0 aromatic heterocycles. The Balaban J connectivity index is 0.000000201. The highest BCUT2D eigenvalue weighted by atomic mass is 35.5. The number of carbonyl (C=O) groups excluding carboxylic acids is 2. The first kappa shape index (κ1) is 27.2. The summed E-state index contributed by atoms with van der Waals surface area (Å²) in [5, 5.41) is 20.9. The van der Waals surface area contributed by atoms with Gasteiger partial charge >= 0.3 is 0 Å². The fourth-order valence-electron chi connectivity index (χ4n) is 3.14. The molecule has 4 aromatic rings. The van der Waals surface area contributed by atoms with Gasteiger partial charge in [0.15, 0.2) is 11.6 Å². The molecule has 0 aliphatic heterocycles. The van der Waals surface area contributed by atoms with Crippen LogP contribution in [0, 0.1) is 11.6 Å². The van der Waals surface area contributed by atoms with Gasteiger partial charge in [-0.2, -0.15) is 0 Å². The van der Waals surface area contributed by atoms with Gasteiger partial charge in [0.05, 0.1) is 0 Å². The molecule has 8 heteroatoms. The van der Waals surface area contributed by atoms with E-state index in [0.29, 0.717) is 26.7 Å². The molecule has 0 saturated heterocycles. The number of hydrogen-bond donors (Lipinski definition) is 2. The van der Waals surface area contributed by atoms with Crippen LogP contribution in [0.2, 0.25) is 10.0 Å². The molecule has 184 valence electrons. The highest BCUT2D eigenvalue weighted by molar-refractivity contribution is 6.31. The Morgan fingerprint density at radius 2 is 0.806 bits per heavy atom. The zero-order valence-electron chi connectivity index (χ0n) is 18.6. The predicted octanol–water partition coefficient (Wildman–Crippen LogP) is 6.79. The van der Waals surface area contributed by atoms with E-state index in [4.69, 9.17) is 23.2 Å². The van der Waals surface area contributed by atoms with Crippen molar-refractivity contribution in [2.45, 2.75) is 12.2 Å². The Morgan fingerprint density at radius 3 is 1.19 bits per heavy atom. The van der Waals surface area contributed by atoms with Gasteiger partial charge < -0.3 is 10.2 Å². The molecule has 36 heavy (non-hydrogen) atoms. The molecule has 4 nitrogen and oxygen atoms in total. The number of carbonyl (C=O) groups is 2. The second-order valence-electron chi connectivity index (χ2n) is 7.65. The molecule has 0 aliphatic rings. The van der Waals surface area contributed by atoms with E-state index in [1.54, 1.807) is 48.5 Å². The van der Waals surface area contributed by atoms with Crippen molar-refractivity contribution in [3.05, 3.63) is 141 Å². The summed E-state index contributed by atoms with van der Waals surface area (Å²) in [6, 6.07) is 22.8. The molecule has 0 heterocycles. The van der Waals surface area contributed by atoms with Crippen molar-refractivity contribution in [3.63, 3.8) is 0 Å². The standard InChI is InChI=1S/C14H10Cl2O2.C14H10F2O2/c2*15-11-5-1-9(2-6-11)13(17)14(18)10-3-7-12(16)8-4-10/h2*1-8,13,17H. The van der Waals surface area contributed by atoms with Crippen molar-refractivity contribution in [2.24, 2.45) is 0 Å². The molecule has 4 aromatic carbocycles. The summed E-state index contributed by atoms with van der Waals surface area (Å²) in [4.78, 5) is 23.9. The SMILES string of the molecule is O=C(c1ccc(Cl)cc1)C(O)c1ccc(Cl)cc1.O=C(c1ccc(F)cc1)C(O)c1ccc(F)cc1. The number of ketones is 2. The minimum atomic E-state index is -1.38. The second-order valence-corrected chi connectivity index (χ2v) is 8.52. The van der Waals surface area contributed by atoms with Gasteiger partial charge in [-0.3, -0.25) is 9.59 Å². The molecule has 0 radical (unpaired) electrons. The number of benzene rings is 4. The first-order valence-corrected chi connectivity index (χ1v) is 11.4. The molecule has 0 spiro atoms. The van der Waals surface area contributed by atoms with Gasteiger partial charge in [0.1, 0.15) is 23.8 Å². The van der Waals surface area contributed by atoms with Crippen LogP contribution in [0.3, 0.4) is 0 Å². The highest BCUT2D eigenvalue weighted by Crippen LogP contribution is 2.22. The number of aliphatic hydroxyl groups excluding tert-OH is 2. The molecular formula is C28H20Cl2F2O4. The lowest BCUT2D eigenvalue weighted by Crippen LogP contribution is -2.12. The van der Waals surface area contributed by atoms with Gasteiger partial charge in [-0.15, -0.1) is 0 Å². The molecule has 2 unspecified atom stereocenters. The first-order chi connectivity index (χ1) is 17.2. The van der Waals surface area contributed by atoms with Crippen LogP contribution in [0.5, 0.6) is 0 Å². The number of halogens is 4. The van der Waals surface area contributed by atoms with E-state index in [2.05, 4.69) is 0 Å². The average Bonchev–Trinajstić information content (AvgIpc) is 2.89. The third-order valence-electron chi connectivity index (χ3n) is 5.13. The summed E-state index contributed by atoms with van der Waals surface area (Å²) in [5.74, 6) is -1.82. The van der Waals surface area contributed by atoms with Gasteiger partial charge in [0.2, 0.25) is 0 Å². The number of aliphatic hydroxyl groups is 2. The fraction of sp³-hybridized carbons (Fsp3) is 0.0714. The number of hydrogen-bond acceptors (Lipinski definition) is 4. The highest BCUT2D eigenvalue weighted by Gasteiger charge is 2.20. The van der Waals surface area contributed by atoms with Gasteiger partial charge in [-0.25, -0.2) is 8.78 Å². The minimum Gasteiger partial charge on any atom is -0.380 e. The lowest BCUT2D eigenvalue weighted by molar-refractivity contribution is 0.0743. The van der Waals surface area contributed by atoms with Crippen molar-refractivity contribution in [3.8, 4) is 0 Å². The van der Waals surface area contributed by atoms with E-state index >= 15 is 0 Å². The van der Waals surface area contributed by atoms with Crippen LogP contribution in [0.4, 0.5) is 8.78 Å². The molecule has 0 amide bonds. The summed E-state index contributed by atoms with van der Waals surface area (Å²) < 4.78 is 25.4. The largest absolute Gasteiger partial charge is 0.380 e. The van der Waals surface area contributed by atoms with Gasteiger partial charge in [-0.05, 0) is 83.9 Å². The van der Waals surface area contributed by atoms with Crippen LogP contribution in [-0.2, 0) is 0 Å². The first-order valence-electron chi connectivity index (χ1n) is 10.6. The van der Waals surface area contributed by atoms with E-state index < -0.39 is 29.6 Å². The van der Waals surface area contributed by atoms with E-state index in [1.807, 2.05) is 0 Å². The Labute approximate surface area is 216 Å². The average molecular weight is 529 g/mol. The van der Waals surface area contributed by atoms with Crippen molar-refractivity contribution in [2.75, 3.05) is 0 Å². The zero-order chi connectivity index (χ0) is 26.2. The monoisotopic (exact) mass is 528 g/mol. The smallest absolute Gasteiger partial charge is 0.195 e. The van der Waals surface area contributed by atoms with Gasteiger partial charge in [0, 0.05) is 21.2 Å². The van der Waals surface area contributed by atoms with Crippen LogP contribution in [-0.4, -0.2) is 21.8 Å². The van der Waals surface area contributed by atoms with E-state index in [9.17, 15) is 28.6 Å². The molecular weight excluding hydrogens is 509 g/mol. The zero-order valence-corrected chi connectivity index (χ0v) is 20.1. The molecule has 0 fully saturated rings. The second kappa shape index (κ2) is 12.5. The summed E-state index contributed by atoms with van der Waals surface area (Å²) in [6.45, 7) is 0. The van der Waals surface area contributed by atoms with Crippen molar-refractivity contribution in [1.82, 2.24) is 0 Å². The third kappa shape index (κ3) is 7.29.